The number of nitro benzene ring substituents is 1. The number of hydrogen-bond donors (Lipinski definition) is 4. The number of carboxylic acids is 1. The Morgan fingerprint density at radius 1 is 1.53 bits per heavy atom. The molecule has 0 aliphatic carbocycles. The third kappa shape index (κ3) is 2.49. The van der Waals surface area contributed by atoms with Crippen LogP contribution in [0.2, 0.25) is 0 Å². The maximum atomic E-state index is 10.7. The molecule has 0 fully saturated rings. The number of hydrogen-bond acceptors (Lipinski definition) is 6. The van der Waals surface area contributed by atoms with Gasteiger partial charge in [-0.15, -0.1) is 0 Å². The summed E-state index contributed by atoms with van der Waals surface area (Å²) in [6.45, 7) is -0.527. The van der Waals surface area contributed by atoms with Crippen LogP contribution in [0.3, 0.4) is 0 Å². The van der Waals surface area contributed by atoms with Gasteiger partial charge >= 0.3 is 11.7 Å². The Morgan fingerprint density at radius 3 is 2.53 bits per heavy atom. The van der Waals surface area contributed by atoms with Crippen LogP contribution in [0.15, 0.2) is 12.1 Å². The van der Waals surface area contributed by atoms with Gasteiger partial charge in [0.15, 0.2) is 5.75 Å². The van der Waals surface area contributed by atoms with Gasteiger partial charge in [0.05, 0.1) is 11.5 Å². The topological polar surface area (TPSA) is 147 Å². The van der Waals surface area contributed by atoms with E-state index in [-0.39, 0.29) is 11.1 Å². The average molecular weight is 242 g/mol. The molecule has 0 radical (unpaired) electrons. The lowest BCUT2D eigenvalue weighted by Crippen LogP contribution is -2.21. The van der Waals surface area contributed by atoms with Gasteiger partial charge in [0.25, 0.3) is 0 Å². The highest BCUT2D eigenvalue weighted by molar-refractivity contribution is 5.77. The minimum Gasteiger partial charge on any atom is -0.502 e. The third-order valence-electron chi connectivity index (χ3n) is 2.16. The lowest BCUT2D eigenvalue weighted by molar-refractivity contribution is -0.386. The zero-order valence-corrected chi connectivity index (χ0v) is 8.53. The molecule has 0 amide bonds. The van der Waals surface area contributed by atoms with Gasteiger partial charge in [-0.25, -0.2) is 0 Å². The summed E-state index contributed by atoms with van der Waals surface area (Å²) in [6, 6.07) is 0.467. The fraction of sp³-hybridized carbons (Fsp3) is 0.222. The quantitative estimate of drug-likeness (QED) is 0.424. The molecule has 1 rings (SSSR count). The van der Waals surface area contributed by atoms with E-state index < -0.39 is 35.0 Å². The van der Waals surface area contributed by atoms with Crippen LogP contribution in [0.25, 0.3) is 0 Å². The number of aliphatic hydroxyl groups is 1. The van der Waals surface area contributed by atoms with Crippen molar-refractivity contribution in [2.24, 2.45) is 5.73 Å². The summed E-state index contributed by atoms with van der Waals surface area (Å²) in [4.78, 5) is 20.4. The molecule has 5 N–H and O–H groups in total. The molecule has 0 aliphatic heterocycles. The normalized spacial score (nSPS) is 12.1. The van der Waals surface area contributed by atoms with Gasteiger partial charge in [-0.1, -0.05) is 0 Å². The molecule has 1 atom stereocenters. The maximum absolute atomic E-state index is 10.7. The number of nitrogens with two attached hydrogens (primary N) is 1. The van der Waals surface area contributed by atoms with E-state index in [1.165, 1.54) is 0 Å². The summed E-state index contributed by atoms with van der Waals surface area (Å²) < 4.78 is 0. The van der Waals surface area contributed by atoms with Gasteiger partial charge in [-0.3, -0.25) is 14.9 Å². The Morgan fingerprint density at radius 2 is 2.12 bits per heavy atom. The third-order valence-corrected chi connectivity index (χ3v) is 2.16. The highest BCUT2D eigenvalue weighted by atomic mass is 16.6. The van der Waals surface area contributed by atoms with Crippen molar-refractivity contribution in [1.82, 2.24) is 0 Å². The number of carbonyl (C=O) groups is 1. The molecule has 0 unspecified atom stereocenters. The van der Waals surface area contributed by atoms with Crippen molar-refractivity contribution >= 4 is 11.7 Å². The van der Waals surface area contributed by atoms with Crippen molar-refractivity contribution in [3.63, 3.8) is 0 Å². The fourth-order valence-electron chi connectivity index (χ4n) is 1.30. The van der Waals surface area contributed by atoms with E-state index in [9.17, 15) is 20.0 Å². The largest absolute Gasteiger partial charge is 0.502 e. The fourth-order valence-corrected chi connectivity index (χ4v) is 1.30. The van der Waals surface area contributed by atoms with Gasteiger partial charge in [-0.05, 0) is 11.6 Å². The molecule has 0 saturated carbocycles. The van der Waals surface area contributed by atoms with Crippen molar-refractivity contribution in [2.45, 2.75) is 12.6 Å². The molecule has 1 aromatic carbocycles. The summed E-state index contributed by atoms with van der Waals surface area (Å²) in [5.74, 6) is -2.24. The van der Waals surface area contributed by atoms with Crippen molar-refractivity contribution in [1.29, 1.82) is 0 Å². The molecular formula is C9H10N2O6. The van der Waals surface area contributed by atoms with Crippen LogP contribution in [0.4, 0.5) is 5.69 Å². The molecule has 0 heterocycles. The van der Waals surface area contributed by atoms with E-state index >= 15 is 0 Å². The molecule has 1 aromatic rings. The number of aliphatic carboxylic acids is 1. The Hall–Kier alpha value is -2.19. The second-order valence-corrected chi connectivity index (χ2v) is 3.28. The number of rotatable bonds is 4. The lowest BCUT2D eigenvalue weighted by atomic mass is 10.0. The SMILES string of the molecule is N[C@H](C(=O)O)c1cc(CO)cc([N+](=O)[O-])c1O. The monoisotopic (exact) mass is 242 g/mol. The first-order chi connectivity index (χ1) is 7.88. The molecule has 0 saturated heterocycles. The Kier molecular flexibility index (Phi) is 3.61. The van der Waals surface area contributed by atoms with E-state index in [0.29, 0.717) is 0 Å². The Labute approximate surface area is 95.1 Å². The highest BCUT2D eigenvalue weighted by Crippen LogP contribution is 2.34. The summed E-state index contributed by atoms with van der Waals surface area (Å²) in [5, 5.41) is 37.7. The van der Waals surface area contributed by atoms with Crippen molar-refractivity contribution < 1.29 is 25.0 Å². The molecule has 0 spiro atoms. The van der Waals surface area contributed by atoms with E-state index in [2.05, 4.69) is 0 Å². The number of aromatic hydroxyl groups is 1. The van der Waals surface area contributed by atoms with E-state index in [1.54, 1.807) is 0 Å². The van der Waals surface area contributed by atoms with Gasteiger partial charge in [-0.2, -0.15) is 0 Å². The molecule has 0 aliphatic rings. The zero-order chi connectivity index (χ0) is 13.2. The van der Waals surface area contributed by atoms with Gasteiger partial charge in [0.2, 0.25) is 0 Å². The smallest absolute Gasteiger partial charge is 0.325 e. The number of aliphatic hydroxyl groups excluding tert-OH is 1. The van der Waals surface area contributed by atoms with Crippen molar-refractivity contribution in [2.75, 3.05) is 0 Å². The first-order valence-electron chi connectivity index (χ1n) is 4.48. The second kappa shape index (κ2) is 4.76. The molecule has 92 valence electrons. The second-order valence-electron chi connectivity index (χ2n) is 3.28. The minimum atomic E-state index is -1.60. The number of carboxylic acid groups (broad SMARTS) is 1. The predicted octanol–water partition coefficient (Wildman–Crippen LogP) is -0.123. The number of phenolic OH excluding ortho intramolecular Hbond substituents is 1. The Balaban J connectivity index is 3.43. The van der Waals surface area contributed by atoms with Crippen molar-refractivity contribution in [3.8, 4) is 5.75 Å². The standard InChI is InChI=1S/C9H10N2O6/c10-7(9(14)15)5-1-4(3-12)2-6(8(5)13)11(16)17/h1-2,7,12-13H,3,10H2,(H,14,15)/t7-/m0/s1. The Bertz CT molecular complexity index is 473. The van der Waals surface area contributed by atoms with Gasteiger partial charge in [0.1, 0.15) is 6.04 Å². The van der Waals surface area contributed by atoms with Crippen LogP contribution < -0.4 is 5.73 Å². The number of benzene rings is 1. The lowest BCUT2D eigenvalue weighted by Gasteiger charge is -2.10. The molecule has 8 heteroatoms. The first-order valence-corrected chi connectivity index (χ1v) is 4.48. The molecule has 0 bridgehead atoms. The zero-order valence-electron chi connectivity index (χ0n) is 8.53. The number of nitro groups is 1. The van der Waals surface area contributed by atoms with Crippen LogP contribution >= 0.6 is 0 Å². The van der Waals surface area contributed by atoms with Gasteiger partial charge < -0.3 is 21.1 Å². The van der Waals surface area contributed by atoms with Crippen molar-refractivity contribution in [3.05, 3.63) is 33.4 Å². The summed E-state index contributed by atoms with van der Waals surface area (Å²) in [6.07, 6.45) is 0. The highest BCUT2D eigenvalue weighted by Gasteiger charge is 2.25. The predicted molar refractivity (Wildman–Crippen MR) is 55.2 cm³/mol. The first kappa shape index (κ1) is 12.9. The molecular weight excluding hydrogens is 232 g/mol. The minimum absolute atomic E-state index is 0.0983. The van der Waals surface area contributed by atoms with E-state index in [4.69, 9.17) is 15.9 Å². The van der Waals surface area contributed by atoms with E-state index in [0.717, 1.165) is 12.1 Å². The average Bonchev–Trinajstić information content (AvgIpc) is 2.27. The molecule has 8 nitrogen and oxygen atoms in total. The van der Waals surface area contributed by atoms with E-state index in [1.807, 2.05) is 0 Å². The van der Waals surface area contributed by atoms with Gasteiger partial charge in [0, 0.05) is 11.6 Å². The summed E-state index contributed by atoms with van der Waals surface area (Å²) >= 11 is 0. The maximum Gasteiger partial charge on any atom is 0.325 e. The number of nitrogens with zero attached hydrogens (tertiary/aromatic N) is 1. The van der Waals surface area contributed by atoms with Crippen LogP contribution in [-0.4, -0.2) is 26.2 Å². The van der Waals surface area contributed by atoms with Crippen LogP contribution in [-0.2, 0) is 11.4 Å². The summed E-state index contributed by atoms with van der Waals surface area (Å²) in [5.41, 5.74) is 4.36. The summed E-state index contributed by atoms with van der Waals surface area (Å²) in [7, 11) is 0. The van der Waals surface area contributed by atoms with Crippen LogP contribution in [0.5, 0.6) is 5.75 Å². The number of phenols is 1. The molecule has 0 aromatic heterocycles. The van der Waals surface area contributed by atoms with Crippen LogP contribution in [0.1, 0.15) is 17.2 Å². The molecule has 17 heavy (non-hydrogen) atoms. The van der Waals surface area contributed by atoms with Crippen LogP contribution in [0, 0.1) is 10.1 Å².